The summed E-state index contributed by atoms with van der Waals surface area (Å²) in [4.78, 5) is 13.0. The van der Waals surface area contributed by atoms with E-state index in [9.17, 15) is 4.79 Å². The van der Waals surface area contributed by atoms with E-state index in [4.69, 9.17) is 34.8 Å². The highest BCUT2D eigenvalue weighted by Crippen LogP contribution is 2.34. The zero-order valence-corrected chi connectivity index (χ0v) is 10.6. The second-order valence-electron chi connectivity index (χ2n) is 3.23. The molecule has 15 heavy (non-hydrogen) atoms. The Hall–Kier alpha value is -0.440. The molecule has 0 radical (unpaired) electrons. The van der Waals surface area contributed by atoms with Crippen molar-refractivity contribution < 1.29 is 4.79 Å². The van der Waals surface area contributed by atoms with Gasteiger partial charge in [0.15, 0.2) is 0 Å². The predicted octanol–water partition coefficient (Wildman–Crippen LogP) is 3.36. The molecule has 0 heterocycles. The van der Waals surface area contributed by atoms with Crippen molar-refractivity contribution >= 4 is 40.7 Å². The fraction of sp³-hybridized carbons (Fsp3) is 0.300. The molecule has 0 aliphatic heterocycles. The summed E-state index contributed by atoms with van der Waals surface area (Å²) in [6, 6.07) is 5.01. The topological polar surface area (TPSA) is 20.3 Å². The highest BCUT2D eigenvalue weighted by Gasteiger charge is 2.24. The molecule has 0 aliphatic rings. The van der Waals surface area contributed by atoms with E-state index in [0.29, 0.717) is 15.6 Å². The number of amides is 1. The van der Waals surface area contributed by atoms with Crippen molar-refractivity contribution in [3.05, 3.63) is 33.8 Å². The average Bonchev–Trinajstić information content (AvgIpc) is 2.15. The molecule has 1 aromatic carbocycles. The lowest BCUT2D eigenvalue weighted by molar-refractivity contribution is -0.128. The maximum Gasteiger partial charge on any atom is 0.244 e. The van der Waals surface area contributed by atoms with Gasteiger partial charge in [0.05, 0.1) is 0 Å². The molecule has 0 fully saturated rings. The van der Waals surface area contributed by atoms with Crippen LogP contribution >= 0.6 is 34.8 Å². The number of benzene rings is 1. The van der Waals surface area contributed by atoms with E-state index in [1.165, 1.54) is 4.90 Å². The maximum atomic E-state index is 11.6. The summed E-state index contributed by atoms with van der Waals surface area (Å²) in [6.45, 7) is 0. The fourth-order valence-electron chi connectivity index (χ4n) is 1.10. The van der Waals surface area contributed by atoms with Gasteiger partial charge < -0.3 is 4.90 Å². The lowest BCUT2D eigenvalue weighted by Crippen LogP contribution is -2.25. The van der Waals surface area contributed by atoms with Crippen molar-refractivity contribution in [1.82, 2.24) is 4.90 Å². The van der Waals surface area contributed by atoms with Gasteiger partial charge >= 0.3 is 0 Å². The Morgan fingerprint density at radius 2 is 1.73 bits per heavy atom. The zero-order chi connectivity index (χ0) is 11.6. The van der Waals surface area contributed by atoms with E-state index in [1.54, 1.807) is 32.3 Å². The van der Waals surface area contributed by atoms with E-state index in [2.05, 4.69) is 0 Å². The Bertz CT molecular complexity index is 359. The monoisotopic (exact) mass is 265 g/mol. The van der Waals surface area contributed by atoms with Crippen LogP contribution in [0.4, 0.5) is 0 Å². The van der Waals surface area contributed by atoms with Gasteiger partial charge in [0.25, 0.3) is 0 Å². The van der Waals surface area contributed by atoms with Gasteiger partial charge in [0.2, 0.25) is 5.91 Å². The summed E-state index contributed by atoms with van der Waals surface area (Å²) in [5.74, 6) is -0.244. The van der Waals surface area contributed by atoms with Gasteiger partial charge in [-0.15, -0.1) is 11.6 Å². The van der Waals surface area contributed by atoms with Crippen LogP contribution in [0.1, 0.15) is 10.9 Å². The molecular weight excluding hydrogens is 256 g/mol. The minimum Gasteiger partial charge on any atom is -0.347 e. The third kappa shape index (κ3) is 2.77. The summed E-state index contributed by atoms with van der Waals surface area (Å²) >= 11 is 17.9. The highest BCUT2D eigenvalue weighted by atomic mass is 35.5. The minimum atomic E-state index is -0.846. The van der Waals surface area contributed by atoms with Crippen LogP contribution < -0.4 is 0 Å². The number of rotatable bonds is 2. The van der Waals surface area contributed by atoms with Crippen LogP contribution in [0.3, 0.4) is 0 Å². The standard InChI is InChI=1S/C10H10Cl3NO/c1-14(2)10(15)9(13)8-6(11)4-3-5-7(8)12/h3-5,9H,1-2H3. The summed E-state index contributed by atoms with van der Waals surface area (Å²) in [7, 11) is 3.25. The predicted molar refractivity (Wildman–Crippen MR) is 63.8 cm³/mol. The molecular formula is C10H10Cl3NO. The van der Waals surface area contributed by atoms with Crippen LogP contribution in [0.5, 0.6) is 0 Å². The first kappa shape index (κ1) is 12.6. The Labute approximate surface area is 104 Å². The maximum absolute atomic E-state index is 11.6. The SMILES string of the molecule is CN(C)C(=O)C(Cl)c1c(Cl)cccc1Cl. The number of likely N-dealkylation sites (N-methyl/N-ethyl adjacent to an activating group) is 1. The van der Waals surface area contributed by atoms with Crippen LogP contribution in [0, 0.1) is 0 Å². The molecule has 1 unspecified atom stereocenters. The summed E-state index contributed by atoms with van der Waals surface area (Å²) in [5, 5.41) is -0.0448. The Morgan fingerprint density at radius 1 is 1.27 bits per heavy atom. The van der Waals surface area contributed by atoms with E-state index in [1.807, 2.05) is 0 Å². The number of hydrogen-bond acceptors (Lipinski definition) is 1. The van der Waals surface area contributed by atoms with Crippen molar-refractivity contribution in [1.29, 1.82) is 0 Å². The molecule has 1 aromatic rings. The number of nitrogens with zero attached hydrogens (tertiary/aromatic N) is 1. The third-order valence-corrected chi connectivity index (χ3v) is 2.97. The molecule has 0 saturated carbocycles. The number of halogens is 3. The van der Waals surface area contributed by atoms with E-state index in [0.717, 1.165) is 0 Å². The smallest absolute Gasteiger partial charge is 0.244 e. The summed E-state index contributed by atoms with van der Waals surface area (Å²) in [6.07, 6.45) is 0. The molecule has 0 bridgehead atoms. The van der Waals surface area contributed by atoms with Crippen molar-refractivity contribution in [3.8, 4) is 0 Å². The van der Waals surface area contributed by atoms with Crippen molar-refractivity contribution in [3.63, 3.8) is 0 Å². The number of alkyl halides is 1. The van der Waals surface area contributed by atoms with Crippen molar-refractivity contribution in [2.24, 2.45) is 0 Å². The average molecular weight is 267 g/mol. The molecule has 0 aliphatic carbocycles. The van der Waals surface area contributed by atoms with Gasteiger partial charge in [0.1, 0.15) is 5.38 Å². The van der Waals surface area contributed by atoms with E-state index >= 15 is 0 Å². The fourth-order valence-corrected chi connectivity index (χ4v) is 2.26. The van der Waals surface area contributed by atoms with Crippen LogP contribution in [0.15, 0.2) is 18.2 Å². The zero-order valence-electron chi connectivity index (χ0n) is 8.30. The van der Waals surface area contributed by atoms with Gasteiger partial charge in [-0.05, 0) is 12.1 Å². The highest BCUT2D eigenvalue weighted by molar-refractivity contribution is 6.40. The molecule has 1 amide bonds. The van der Waals surface area contributed by atoms with Crippen LogP contribution in [-0.2, 0) is 4.79 Å². The Balaban J connectivity index is 3.11. The van der Waals surface area contributed by atoms with Crippen LogP contribution in [-0.4, -0.2) is 24.9 Å². The first-order valence-electron chi connectivity index (χ1n) is 4.24. The molecule has 82 valence electrons. The van der Waals surface area contributed by atoms with Crippen LogP contribution in [0.25, 0.3) is 0 Å². The summed E-state index contributed by atoms with van der Waals surface area (Å²) < 4.78 is 0. The second-order valence-corrected chi connectivity index (χ2v) is 4.48. The van der Waals surface area contributed by atoms with Gasteiger partial charge in [0, 0.05) is 29.7 Å². The van der Waals surface area contributed by atoms with E-state index in [-0.39, 0.29) is 5.91 Å². The number of hydrogen-bond donors (Lipinski definition) is 0. The Kier molecular flexibility index (Phi) is 4.26. The van der Waals surface area contributed by atoms with Crippen LogP contribution in [0.2, 0.25) is 10.0 Å². The molecule has 0 saturated heterocycles. The largest absolute Gasteiger partial charge is 0.347 e. The number of carbonyl (C=O) groups is 1. The minimum absolute atomic E-state index is 0.244. The Morgan fingerprint density at radius 3 is 2.13 bits per heavy atom. The van der Waals surface area contributed by atoms with Crippen molar-refractivity contribution in [2.75, 3.05) is 14.1 Å². The molecule has 0 N–H and O–H groups in total. The third-order valence-electron chi connectivity index (χ3n) is 1.91. The molecule has 1 rings (SSSR count). The summed E-state index contributed by atoms with van der Waals surface area (Å²) in [5.41, 5.74) is 0.459. The van der Waals surface area contributed by atoms with Gasteiger partial charge in [-0.2, -0.15) is 0 Å². The van der Waals surface area contributed by atoms with Gasteiger partial charge in [-0.3, -0.25) is 4.79 Å². The first-order chi connectivity index (χ1) is 6.95. The second kappa shape index (κ2) is 5.06. The first-order valence-corrected chi connectivity index (χ1v) is 5.43. The lowest BCUT2D eigenvalue weighted by atomic mass is 10.1. The number of carbonyl (C=O) groups excluding carboxylic acids is 1. The quantitative estimate of drug-likeness (QED) is 0.752. The van der Waals surface area contributed by atoms with Gasteiger partial charge in [-0.25, -0.2) is 0 Å². The molecule has 0 spiro atoms. The lowest BCUT2D eigenvalue weighted by Gasteiger charge is -2.17. The van der Waals surface area contributed by atoms with E-state index < -0.39 is 5.38 Å². The molecule has 5 heteroatoms. The normalized spacial score (nSPS) is 12.3. The molecule has 1 atom stereocenters. The van der Waals surface area contributed by atoms with Crippen molar-refractivity contribution in [2.45, 2.75) is 5.38 Å². The molecule has 0 aromatic heterocycles. The molecule has 2 nitrogen and oxygen atoms in total. The van der Waals surface area contributed by atoms with Gasteiger partial charge in [-0.1, -0.05) is 29.3 Å².